The van der Waals surface area contributed by atoms with E-state index in [9.17, 15) is 18.3 Å². The van der Waals surface area contributed by atoms with E-state index in [1.165, 1.54) is 10.8 Å². The Hall–Kier alpha value is -1.38. The van der Waals surface area contributed by atoms with Crippen LogP contribution in [-0.4, -0.2) is 41.3 Å². The van der Waals surface area contributed by atoms with Crippen LogP contribution >= 0.6 is 0 Å². The summed E-state index contributed by atoms with van der Waals surface area (Å²) in [6.45, 7) is 2.10. The van der Waals surface area contributed by atoms with Crippen LogP contribution in [0.25, 0.3) is 0 Å². The minimum absolute atomic E-state index is 0.0675. The van der Waals surface area contributed by atoms with Gasteiger partial charge < -0.3 is 14.8 Å². The van der Waals surface area contributed by atoms with Gasteiger partial charge in [-0.25, -0.2) is 17.9 Å². The van der Waals surface area contributed by atoms with Crippen LogP contribution in [-0.2, 0) is 16.6 Å². The Bertz CT molecular complexity index is 623. The van der Waals surface area contributed by atoms with Crippen LogP contribution in [0, 0.1) is 0 Å². The molecule has 21 heavy (non-hydrogen) atoms. The second-order valence-electron chi connectivity index (χ2n) is 5.23. The molecule has 118 valence electrons. The normalized spacial score (nSPS) is 23.1. The molecule has 1 fully saturated rings. The topological polar surface area (TPSA) is 109 Å². The van der Waals surface area contributed by atoms with Gasteiger partial charge in [-0.1, -0.05) is 12.8 Å². The zero-order chi connectivity index (χ0) is 15.6. The van der Waals surface area contributed by atoms with E-state index in [-0.39, 0.29) is 10.6 Å². The van der Waals surface area contributed by atoms with Gasteiger partial charge in [0, 0.05) is 18.8 Å². The first-order valence-corrected chi connectivity index (χ1v) is 8.47. The lowest BCUT2D eigenvalue weighted by Crippen LogP contribution is -2.44. The molecule has 2 atom stereocenters. The van der Waals surface area contributed by atoms with Crippen LogP contribution in [0.4, 0.5) is 0 Å². The standard InChI is InChI=1S/C13H20N2O5S/c1-2-15-8-9(7-11(15)13(17)18)21(19,20)14-10-5-3-4-6-12(10)16/h7-8,10,12,14,16H,2-6H2,1H3,(H,17,18)/t10-,12-/m1/s1. The quantitative estimate of drug-likeness (QED) is 0.744. The SMILES string of the molecule is CCn1cc(S(=O)(=O)N[C@@H]2CCCC[C@H]2O)cc1C(=O)O. The van der Waals surface area contributed by atoms with Crippen molar-refractivity contribution in [1.29, 1.82) is 0 Å². The fourth-order valence-corrected chi connectivity index (χ4v) is 3.93. The lowest BCUT2D eigenvalue weighted by Gasteiger charge is -2.27. The number of carboxylic acid groups (broad SMARTS) is 1. The Morgan fingerprint density at radius 1 is 1.43 bits per heavy atom. The molecule has 0 bridgehead atoms. The lowest BCUT2D eigenvalue weighted by molar-refractivity contribution is 0.0685. The third-order valence-corrected chi connectivity index (χ3v) is 5.23. The second-order valence-corrected chi connectivity index (χ2v) is 6.95. The summed E-state index contributed by atoms with van der Waals surface area (Å²) in [6, 6.07) is 0.630. The average molecular weight is 316 g/mol. The van der Waals surface area contributed by atoms with E-state index in [1.807, 2.05) is 0 Å². The highest BCUT2D eigenvalue weighted by Crippen LogP contribution is 2.21. The van der Waals surface area contributed by atoms with Crippen LogP contribution in [0.1, 0.15) is 43.1 Å². The summed E-state index contributed by atoms with van der Waals surface area (Å²) < 4.78 is 28.5. The van der Waals surface area contributed by atoms with E-state index >= 15 is 0 Å². The zero-order valence-corrected chi connectivity index (χ0v) is 12.6. The highest BCUT2D eigenvalue weighted by Gasteiger charge is 2.29. The molecule has 1 aliphatic rings. The summed E-state index contributed by atoms with van der Waals surface area (Å²) in [6.07, 6.45) is 3.52. The summed E-state index contributed by atoms with van der Waals surface area (Å²) in [4.78, 5) is 11.0. The van der Waals surface area contributed by atoms with Gasteiger partial charge in [-0.3, -0.25) is 0 Å². The first-order chi connectivity index (χ1) is 9.85. The summed E-state index contributed by atoms with van der Waals surface area (Å²) in [5.74, 6) is -1.17. The molecule has 8 heteroatoms. The van der Waals surface area contributed by atoms with Crippen molar-refractivity contribution in [3.05, 3.63) is 18.0 Å². The minimum Gasteiger partial charge on any atom is -0.477 e. The molecule has 1 saturated carbocycles. The van der Waals surface area contributed by atoms with Crippen molar-refractivity contribution >= 4 is 16.0 Å². The van der Waals surface area contributed by atoms with Gasteiger partial charge in [0.2, 0.25) is 10.0 Å². The number of nitrogens with one attached hydrogen (secondary N) is 1. The van der Waals surface area contributed by atoms with E-state index in [4.69, 9.17) is 5.11 Å². The van der Waals surface area contributed by atoms with E-state index in [0.29, 0.717) is 19.4 Å². The van der Waals surface area contributed by atoms with Gasteiger partial charge in [0.05, 0.1) is 6.10 Å². The molecule has 0 unspecified atom stereocenters. The third-order valence-electron chi connectivity index (χ3n) is 3.78. The van der Waals surface area contributed by atoms with Gasteiger partial charge in [0.1, 0.15) is 10.6 Å². The molecule has 0 radical (unpaired) electrons. The number of aliphatic hydroxyl groups is 1. The first kappa shape index (κ1) is 16.0. The van der Waals surface area contributed by atoms with Crippen molar-refractivity contribution in [2.45, 2.75) is 56.2 Å². The van der Waals surface area contributed by atoms with E-state index in [2.05, 4.69) is 4.72 Å². The molecule has 0 aromatic carbocycles. The van der Waals surface area contributed by atoms with Crippen LogP contribution in [0.15, 0.2) is 17.2 Å². The predicted molar refractivity (Wildman–Crippen MR) is 75.6 cm³/mol. The van der Waals surface area contributed by atoms with Gasteiger partial charge in [-0.05, 0) is 25.8 Å². The molecule has 7 nitrogen and oxygen atoms in total. The average Bonchev–Trinajstić information content (AvgIpc) is 2.86. The Labute approximate surface area is 123 Å². The van der Waals surface area contributed by atoms with Crippen LogP contribution in [0.5, 0.6) is 0 Å². The van der Waals surface area contributed by atoms with Gasteiger partial charge in [0.25, 0.3) is 0 Å². The fourth-order valence-electron chi connectivity index (χ4n) is 2.59. The predicted octanol–water partition coefficient (Wildman–Crippen LogP) is 0.788. The van der Waals surface area contributed by atoms with Crippen molar-refractivity contribution in [1.82, 2.24) is 9.29 Å². The van der Waals surface area contributed by atoms with E-state index in [1.54, 1.807) is 6.92 Å². The molecular weight excluding hydrogens is 296 g/mol. The number of hydrogen-bond acceptors (Lipinski definition) is 4. The summed E-state index contributed by atoms with van der Waals surface area (Å²) in [5, 5.41) is 18.9. The van der Waals surface area contributed by atoms with Crippen molar-refractivity contribution in [2.75, 3.05) is 0 Å². The number of rotatable bonds is 5. The minimum atomic E-state index is -3.83. The van der Waals surface area contributed by atoms with Gasteiger partial charge in [-0.2, -0.15) is 0 Å². The number of aromatic carboxylic acids is 1. The molecule has 1 aliphatic carbocycles. The molecule has 0 saturated heterocycles. The first-order valence-electron chi connectivity index (χ1n) is 6.99. The Balaban J connectivity index is 2.25. The van der Waals surface area contributed by atoms with Crippen LogP contribution < -0.4 is 4.72 Å². The van der Waals surface area contributed by atoms with E-state index in [0.717, 1.165) is 18.9 Å². The number of carbonyl (C=O) groups is 1. The number of aliphatic hydroxyl groups excluding tert-OH is 1. The summed E-state index contributed by atoms with van der Waals surface area (Å²) in [5.41, 5.74) is -0.0675. The third kappa shape index (κ3) is 3.45. The van der Waals surface area contributed by atoms with Crippen molar-refractivity contribution in [2.24, 2.45) is 0 Å². The number of sulfonamides is 1. The molecule has 2 rings (SSSR count). The second kappa shape index (κ2) is 6.17. The summed E-state index contributed by atoms with van der Waals surface area (Å²) >= 11 is 0. The van der Waals surface area contributed by atoms with Gasteiger partial charge in [-0.15, -0.1) is 0 Å². The van der Waals surface area contributed by atoms with Gasteiger partial charge >= 0.3 is 5.97 Å². The maximum atomic E-state index is 12.3. The Kier molecular flexibility index (Phi) is 4.70. The van der Waals surface area contributed by atoms with Crippen LogP contribution in [0.2, 0.25) is 0 Å². The number of aromatic nitrogens is 1. The molecule has 0 amide bonds. The largest absolute Gasteiger partial charge is 0.477 e. The molecule has 3 N–H and O–H groups in total. The van der Waals surface area contributed by atoms with Crippen molar-refractivity contribution < 1.29 is 23.4 Å². The molecule has 0 spiro atoms. The molecule has 1 aromatic rings. The summed E-state index contributed by atoms with van der Waals surface area (Å²) in [7, 11) is -3.83. The fraction of sp³-hybridized carbons (Fsp3) is 0.615. The number of carboxylic acids is 1. The zero-order valence-electron chi connectivity index (χ0n) is 11.8. The highest BCUT2D eigenvalue weighted by atomic mass is 32.2. The monoisotopic (exact) mass is 316 g/mol. The molecular formula is C13H20N2O5S. The highest BCUT2D eigenvalue weighted by molar-refractivity contribution is 7.89. The maximum Gasteiger partial charge on any atom is 0.352 e. The Morgan fingerprint density at radius 3 is 2.62 bits per heavy atom. The molecule has 1 heterocycles. The Morgan fingerprint density at radius 2 is 2.10 bits per heavy atom. The number of nitrogens with zero attached hydrogens (tertiary/aromatic N) is 1. The maximum absolute atomic E-state index is 12.3. The smallest absolute Gasteiger partial charge is 0.352 e. The van der Waals surface area contributed by atoms with E-state index < -0.39 is 28.1 Å². The van der Waals surface area contributed by atoms with Gasteiger partial charge in [0.15, 0.2) is 0 Å². The van der Waals surface area contributed by atoms with Crippen LogP contribution in [0.3, 0.4) is 0 Å². The molecule has 1 aromatic heterocycles. The van der Waals surface area contributed by atoms with Crippen molar-refractivity contribution in [3.63, 3.8) is 0 Å². The molecule has 0 aliphatic heterocycles. The van der Waals surface area contributed by atoms with Crippen molar-refractivity contribution in [3.8, 4) is 0 Å². The lowest BCUT2D eigenvalue weighted by atomic mass is 9.93. The number of hydrogen-bond donors (Lipinski definition) is 3. The number of aryl methyl sites for hydroxylation is 1.